The molecule has 0 unspecified atom stereocenters. The molecule has 0 aliphatic carbocycles. The molecule has 0 radical (unpaired) electrons. The highest BCUT2D eigenvalue weighted by molar-refractivity contribution is 6.11. The fourth-order valence-corrected chi connectivity index (χ4v) is 6.87. The van der Waals surface area contributed by atoms with E-state index in [1.54, 1.807) is 0 Å². The second-order valence-electron chi connectivity index (χ2n) is 12.1. The third kappa shape index (κ3) is 4.17. The Balaban J connectivity index is 1.11. The van der Waals surface area contributed by atoms with Gasteiger partial charge >= 0.3 is 0 Å². The number of pyridine rings is 1. The summed E-state index contributed by atoms with van der Waals surface area (Å²) in [6.45, 7) is 4.20. The highest BCUT2D eigenvalue weighted by Gasteiger charge is 2.16. The molecule has 3 heterocycles. The van der Waals surface area contributed by atoms with Crippen LogP contribution in [0.2, 0.25) is 0 Å². The number of hydrogen-bond acceptors (Lipinski definition) is 3. The maximum atomic E-state index is 6.47. The normalized spacial score (nSPS) is 11.7. The van der Waals surface area contributed by atoms with Crippen LogP contribution in [-0.4, -0.2) is 4.98 Å². The zero-order valence-electron chi connectivity index (χ0n) is 25.5. The Labute approximate surface area is 266 Å². The predicted molar refractivity (Wildman–Crippen MR) is 190 cm³/mol. The highest BCUT2D eigenvalue weighted by Crippen LogP contribution is 2.40. The van der Waals surface area contributed by atoms with Crippen molar-refractivity contribution in [3.63, 3.8) is 0 Å². The van der Waals surface area contributed by atoms with Crippen molar-refractivity contribution in [1.82, 2.24) is 4.98 Å². The van der Waals surface area contributed by atoms with Gasteiger partial charge in [-0.1, -0.05) is 109 Å². The Morgan fingerprint density at radius 3 is 1.22 bits per heavy atom. The van der Waals surface area contributed by atoms with Crippen LogP contribution in [-0.2, 0) is 0 Å². The SMILES string of the molecule is Cc1cccc2c1oc1c(-c3cccc(-c4cncc(-c5cccc(-c6cccc7c6oc6c(C)cccc67)c5)c4)c3)cccc12. The molecule has 0 saturated carbocycles. The van der Waals surface area contributed by atoms with Gasteiger partial charge in [-0.15, -0.1) is 0 Å². The summed E-state index contributed by atoms with van der Waals surface area (Å²) < 4.78 is 12.9. The fraction of sp³-hybridized carbons (Fsp3) is 0.0465. The third-order valence-electron chi connectivity index (χ3n) is 9.19. The van der Waals surface area contributed by atoms with E-state index in [2.05, 4.69) is 146 Å². The molecule has 0 aliphatic rings. The fourth-order valence-electron chi connectivity index (χ4n) is 6.87. The zero-order chi connectivity index (χ0) is 30.8. The minimum Gasteiger partial charge on any atom is -0.455 e. The Morgan fingerprint density at radius 2 is 0.739 bits per heavy atom. The van der Waals surface area contributed by atoms with Crippen molar-refractivity contribution >= 4 is 43.9 Å². The van der Waals surface area contributed by atoms with Crippen molar-refractivity contribution in [2.45, 2.75) is 13.8 Å². The van der Waals surface area contributed by atoms with E-state index in [1.165, 1.54) is 0 Å². The largest absolute Gasteiger partial charge is 0.455 e. The number of nitrogens with zero attached hydrogens (tertiary/aromatic N) is 1. The molecule has 0 N–H and O–H groups in total. The zero-order valence-corrected chi connectivity index (χ0v) is 25.5. The lowest BCUT2D eigenvalue weighted by Gasteiger charge is -2.10. The van der Waals surface area contributed by atoms with Crippen LogP contribution >= 0.6 is 0 Å². The number of benzene rings is 6. The van der Waals surface area contributed by atoms with Gasteiger partial charge in [0.1, 0.15) is 22.3 Å². The maximum absolute atomic E-state index is 6.47. The smallest absolute Gasteiger partial charge is 0.143 e. The Morgan fingerprint density at radius 1 is 0.370 bits per heavy atom. The van der Waals surface area contributed by atoms with E-state index in [4.69, 9.17) is 8.83 Å². The van der Waals surface area contributed by atoms with Gasteiger partial charge in [-0.2, -0.15) is 0 Å². The lowest BCUT2D eigenvalue weighted by Crippen LogP contribution is -1.87. The molecule has 218 valence electrons. The van der Waals surface area contributed by atoms with Gasteiger partial charge in [-0.05, 0) is 65.4 Å². The van der Waals surface area contributed by atoms with Crippen LogP contribution in [0, 0.1) is 13.8 Å². The molecule has 0 bridgehead atoms. The van der Waals surface area contributed by atoms with Crippen LogP contribution in [0.25, 0.3) is 88.4 Å². The summed E-state index contributed by atoms with van der Waals surface area (Å²) in [5.41, 5.74) is 14.8. The van der Waals surface area contributed by atoms with Crippen molar-refractivity contribution in [3.8, 4) is 44.5 Å². The van der Waals surface area contributed by atoms with Gasteiger partial charge in [-0.3, -0.25) is 4.98 Å². The van der Waals surface area contributed by atoms with Crippen LogP contribution in [0.4, 0.5) is 0 Å². The number of fused-ring (bicyclic) bond motifs is 6. The molecule has 0 spiro atoms. The summed E-state index contributed by atoms with van der Waals surface area (Å²) in [4.78, 5) is 4.68. The topological polar surface area (TPSA) is 39.2 Å². The number of rotatable bonds is 4. The summed E-state index contributed by atoms with van der Waals surface area (Å²) in [5, 5.41) is 4.58. The molecule has 3 heteroatoms. The Kier molecular flexibility index (Phi) is 5.94. The Bertz CT molecular complexity index is 2440. The molecule has 0 amide bonds. The molecule has 9 aromatic rings. The molecule has 3 aromatic heterocycles. The van der Waals surface area contributed by atoms with E-state index in [-0.39, 0.29) is 0 Å². The molecular formula is C43H29NO2. The molecule has 0 saturated heterocycles. The van der Waals surface area contributed by atoms with Crippen molar-refractivity contribution in [2.75, 3.05) is 0 Å². The van der Waals surface area contributed by atoms with E-state index in [9.17, 15) is 0 Å². The van der Waals surface area contributed by atoms with E-state index in [1.807, 2.05) is 12.4 Å². The summed E-state index contributed by atoms with van der Waals surface area (Å²) in [6, 6.07) is 45.0. The van der Waals surface area contributed by atoms with Crippen LogP contribution in [0.3, 0.4) is 0 Å². The van der Waals surface area contributed by atoms with Crippen molar-refractivity contribution in [2.24, 2.45) is 0 Å². The minimum atomic E-state index is 0.919. The number of aryl methyl sites for hydroxylation is 2. The number of hydrogen-bond donors (Lipinski definition) is 0. The monoisotopic (exact) mass is 591 g/mol. The molecule has 0 fully saturated rings. The average molecular weight is 592 g/mol. The van der Waals surface area contributed by atoms with Crippen LogP contribution in [0.1, 0.15) is 11.1 Å². The molecule has 46 heavy (non-hydrogen) atoms. The van der Waals surface area contributed by atoms with Gasteiger partial charge in [0, 0.05) is 56.2 Å². The van der Waals surface area contributed by atoms with Gasteiger partial charge in [0.05, 0.1) is 0 Å². The Hall–Kier alpha value is -5.93. The number of aromatic nitrogens is 1. The number of para-hydroxylation sites is 4. The second-order valence-corrected chi connectivity index (χ2v) is 12.1. The molecular weight excluding hydrogens is 562 g/mol. The van der Waals surface area contributed by atoms with E-state index in [0.717, 1.165) is 99.5 Å². The second kappa shape index (κ2) is 10.3. The van der Waals surface area contributed by atoms with Gasteiger partial charge in [-0.25, -0.2) is 0 Å². The van der Waals surface area contributed by atoms with Crippen LogP contribution in [0.5, 0.6) is 0 Å². The lowest BCUT2D eigenvalue weighted by molar-refractivity contribution is 0.666. The van der Waals surface area contributed by atoms with Crippen molar-refractivity contribution in [3.05, 3.63) is 151 Å². The molecule has 0 atom stereocenters. The van der Waals surface area contributed by atoms with E-state index >= 15 is 0 Å². The molecule has 9 rings (SSSR count). The first-order chi connectivity index (χ1) is 22.6. The van der Waals surface area contributed by atoms with E-state index < -0.39 is 0 Å². The highest BCUT2D eigenvalue weighted by atomic mass is 16.3. The van der Waals surface area contributed by atoms with Gasteiger partial charge in [0.2, 0.25) is 0 Å². The van der Waals surface area contributed by atoms with Crippen molar-refractivity contribution in [1.29, 1.82) is 0 Å². The summed E-state index contributed by atoms with van der Waals surface area (Å²) >= 11 is 0. The maximum Gasteiger partial charge on any atom is 0.143 e. The minimum absolute atomic E-state index is 0.919. The number of furan rings is 2. The molecule has 0 aliphatic heterocycles. The summed E-state index contributed by atoms with van der Waals surface area (Å²) in [6.07, 6.45) is 3.88. The summed E-state index contributed by atoms with van der Waals surface area (Å²) in [7, 11) is 0. The first-order valence-corrected chi connectivity index (χ1v) is 15.6. The molecule has 6 aromatic carbocycles. The first kappa shape index (κ1) is 26.5. The van der Waals surface area contributed by atoms with Gasteiger partial charge < -0.3 is 8.83 Å². The molecule has 3 nitrogen and oxygen atoms in total. The predicted octanol–water partition coefficient (Wildman–Crippen LogP) is 12.2. The third-order valence-corrected chi connectivity index (χ3v) is 9.19. The average Bonchev–Trinajstić information content (AvgIpc) is 3.69. The van der Waals surface area contributed by atoms with Crippen LogP contribution in [0.15, 0.2) is 149 Å². The quantitative estimate of drug-likeness (QED) is 0.204. The summed E-state index contributed by atoms with van der Waals surface area (Å²) in [5.74, 6) is 0. The van der Waals surface area contributed by atoms with Crippen LogP contribution < -0.4 is 0 Å². The van der Waals surface area contributed by atoms with Gasteiger partial charge in [0.15, 0.2) is 0 Å². The first-order valence-electron chi connectivity index (χ1n) is 15.6. The van der Waals surface area contributed by atoms with Gasteiger partial charge in [0.25, 0.3) is 0 Å². The lowest BCUT2D eigenvalue weighted by atomic mass is 9.95. The van der Waals surface area contributed by atoms with Crippen molar-refractivity contribution < 1.29 is 8.83 Å². The standard InChI is InChI=1S/C43H29NO2/c1-26-9-3-17-36-38-19-7-15-34(42(38)45-40(26)36)30-13-5-11-28(21-30)32-23-33(25-44-24-32)29-12-6-14-31(22-29)35-16-8-20-39-37-18-4-10-27(2)41(37)46-43(35)39/h3-25H,1-2H3. The van der Waals surface area contributed by atoms with E-state index in [0.29, 0.717) is 0 Å².